The highest BCUT2D eigenvalue weighted by atomic mass is 35.5. The molecule has 1 heterocycles. The van der Waals surface area contributed by atoms with Crippen molar-refractivity contribution in [3.63, 3.8) is 0 Å². The predicted molar refractivity (Wildman–Crippen MR) is 86.8 cm³/mol. The van der Waals surface area contributed by atoms with Gasteiger partial charge in [0.15, 0.2) is 0 Å². The predicted octanol–water partition coefficient (Wildman–Crippen LogP) is 2.99. The molecule has 0 atom stereocenters. The number of hydrogen-bond donors (Lipinski definition) is 1. The van der Waals surface area contributed by atoms with Crippen LogP contribution in [-0.2, 0) is 4.74 Å². The summed E-state index contributed by atoms with van der Waals surface area (Å²) >= 11 is 5.99. The van der Waals surface area contributed by atoms with Crippen LogP contribution in [0.3, 0.4) is 0 Å². The van der Waals surface area contributed by atoms with Crippen LogP contribution in [-0.4, -0.2) is 35.4 Å². The number of amides is 1. The van der Waals surface area contributed by atoms with Crippen molar-refractivity contribution in [2.45, 2.75) is 20.3 Å². The summed E-state index contributed by atoms with van der Waals surface area (Å²) in [5, 5.41) is 7.79. The van der Waals surface area contributed by atoms with Gasteiger partial charge in [0.2, 0.25) is 0 Å². The van der Waals surface area contributed by atoms with Crippen molar-refractivity contribution >= 4 is 17.5 Å². The quantitative estimate of drug-likeness (QED) is 0.798. The second-order valence-corrected chi connectivity index (χ2v) is 5.28. The lowest BCUT2D eigenvalue weighted by Crippen LogP contribution is -2.25. The Kier molecular flexibility index (Phi) is 5.98. The Morgan fingerprint density at radius 3 is 3.00 bits per heavy atom. The highest BCUT2D eigenvalue weighted by molar-refractivity contribution is 6.30. The zero-order valence-electron chi connectivity index (χ0n) is 12.8. The van der Waals surface area contributed by atoms with E-state index in [1.807, 2.05) is 32.0 Å². The van der Waals surface area contributed by atoms with Crippen LogP contribution in [0.4, 0.5) is 0 Å². The lowest BCUT2D eigenvalue weighted by Gasteiger charge is -2.07. The first-order valence-electron chi connectivity index (χ1n) is 7.30. The Hall–Kier alpha value is -1.85. The first kappa shape index (κ1) is 16.5. The van der Waals surface area contributed by atoms with Crippen LogP contribution in [0.1, 0.15) is 29.4 Å². The van der Waals surface area contributed by atoms with Gasteiger partial charge >= 0.3 is 0 Å². The van der Waals surface area contributed by atoms with E-state index >= 15 is 0 Å². The molecular formula is C16H20ClN3O2. The van der Waals surface area contributed by atoms with Gasteiger partial charge < -0.3 is 10.1 Å². The molecule has 1 aromatic carbocycles. The molecule has 0 unspecified atom stereocenters. The number of carbonyl (C=O) groups is 1. The monoisotopic (exact) mass is 321 g/mol. The summed E-state index contributed by atoms with van der Waals surface area (Å²) in [4.78, 5) is 12.2. The number of rotatable bonds is 7. The molecule has 0 spiro atoms. The molecule has 0 aliphatic heterocycles. The molecule has 0 saturated carbocycles. The third-order valence-corrected chi connectivity index (χ3v) is 3.50. The SMILES string of the molecule is CCOCCCNC(=O)c1cnn(-c2cccc(Cl)c2)c1C. The molecule has 1 N–H and O–H groups in total. The fourth-order valence-corrected chi connectivity index (χ4v) is 2.30. The third kappa shape index (κ3) is 4.08. The average molecular weight is 322 g/mol. The van der Waals surface area contributed by atoms with Crippen molar-refractivity contribution < 1.29 is 9.53 Å². The fraction of sp³-hybridized carbons (Fsp3) is 0.375. The number of hydrogen-bond acceptors (Lipinski definition) is 3. The van der Waals surface area contributed by atoms with Crippen LogP contribution in [0.2, 0.25) is 5.02 Å². The molecule has 2 aromatic rings. The van der Waals surface area contributed by atoms with Crippen LogP contribution >= 0.6 is 11.6 Å². The molecule has 1 amide bonds. The molecule has 22 heavy (non-hydrogen) atoms. The average Bonchev–Trinajstić information content (AvgIpc) is 2.88. The van der Waals surface area contributed by atoms with E-state index in [1.165, 1.54) is 0 Å². The molecule has 0 aliphatic rings. The van der Waals surface area contributed by atoms with Crippen LogP contribution in [0, 0.1) is 6.92 Å². The van der Waals surface area contributed by atoms with E-state index in [1.54, 1.807) is 16.9 Å². The van der Waals surface area contributed by atoms with Gasteiger partial charge in [0.1, 0.15) is 0 Å². The fourth-order valence-electron chi connectivity index (χ4n) is 2.12. The summed E-state index contributed by atoms with van der Waals surface area (Å²) in [6.45, 7) is 5.74. The lowest BCUT2D eigenvalue weighted by molar-refractivity contribution is 0.0943. The molecule has 0 saturated heterocycles. The number of nitrogens with zero attached hydrogens (tertiary/aromatic N) is 2. The highest BCUT2D eigenvalue weighted by Gasteiger charge is 2.14. The summed E-state index contributed by atoms with van der Waals surface area (Å²) in [7, 11) is 0. The number of ether oxygens (including phenoxy) is 1. The van der Waals surface area contributed by atoms with E-state index in [2.05, 4.69) is 10.4 Å². The van der Waals surface area contributed by atoms with Gasteiger partial charge in [-0.1, -0.05) is 17.7 Å². The Bertz CT molecular complexity index is 640. The maximum absolute atomic E-state index is 12.2. The normalized spacial score (nSPS) is 10.7. The minimum atomic E-state index is -0.123. The minimum absolute atomic E-state index is 0.123. The molecule has 0 aliphatic carbocycles. The lowest BCUT2D eigenvalue weighted by atomic mass is 10.2. The maximum Gasteiger partial charge on any atom is 0.254 e. The van der Waals surface area contributed by atoms with Gasteiger partial charge in [-0.25, -0.2) is 4.68 Å². The van der Waals surface area contributed by atoms with Crippen molar-refractivity contribution in [1.82, 2.24) is 15.1 Å². The van der Waals surface area contributed by atoms with E-state index in [-0.39, 0.29) is 5.91 Å². The number of aromatic nitrogens is 2. The molecule has 118 valence electrons. The Labute approximate surface area is 135 Å². The Morgan fingerprint density at radius 1 is 1.45 bits per heavy atom. The third-order valence-electron chi connectivity index (χ3n) is 3.26. The van der Waals surface area contributed by atoms with E-state index in [0.717, 1.165) is 17.8 Å². The van der Waals surface area contributed by atoms with Gasteiger partial charge in [0.05, 0.1) is 23.1 Å². The summed E-state index contributed by atoms with van der Waals surface area (Å²) in [5.74, 6) is -0.123. The Morgan fingerprint density at radius 2 is 2.27 bits per heavy atom. The van der Waals surface area contributed by atoms with E-state index in [0.29, 0.717) is 30.3 Å². The van der Waals surface area contributed by atoms with E-state index < -0.39 is 0 Å². The van der Waals surface area contributed by atoms with Gasteiger partial charge in [-0.05, 0) is 38.5 Å². The van der Waals surface area contributed by atoms with E-state index in [9.17, 15) is 4.79 Å². The van der Waals surface area contributed by atoms with E-state index in [4.69, 9.17) is 16.3 Å². The highest BCUT2D eigenvalue weighted by Crippen LogP contribution is 2.17. The minimum Gasteiger partial charge on any atom is -0.382 e. The van der Waals surface area contributed by atoms with Crippen molar-refractivity contribution in [3.8, 4) is 5.69 Å². The van der Waals surface area contributed by atoms with Gasteiger partial charge in [-0.3, -0.25) is 4.79 Å². The number of nitrogens with one attached hydrogen (secondary N) is 1. The van der Waals surface area contributed by atoms with Crippen molar-refractivity contribution in [2.75, 3.05) is 19.8 Å². The molecule has 5 nitrogen and oxygen atoms in total. The van der Waals surface area contributed by atoms with Gasteiger partial charge in [-0.15, -0.1) is 0 Å². The smallest absolute Gasteiger partial charge is 0.254 e. The molecule has 0 radical (unpaired) electrons. The largest absolute Gasteiger partial charge is 0.382 e. The molecule has 0 bridgehead atoms. The summed E-state index contributed by atoms with van der Waals surface area (Å²) in [6, 6.07) is 7.36. The molecule has 0 fully saturated rings. The maximum atomic E-state index is 12.2. The van der Waals surface area contributed by atoms with Gasteiger partial charge in [-0.2, -0.15) is 5.10 Å². The number of halogens is 1. The topological polar surface area (TPSA) is 56.1 Å². The van der Waals surface area contributed by atoms with Crippen LogP contribution < -0.4 is 5.32 Å². The summed E-state index contributed by atoms with van der Waals surface area (Å²) < 4.78 is 6.95. The first-order valence-corrected chi connectivity index (χ1v) is 7.67. The van der Waals surface area contributed by atoms with Crippen LogP contribution in [0.25, 0.3) is 5.69 Å². The summed E-state index contributed by atoms with van der Waals surface area (Å²) in [5.41, 5.74) is 2.18. The number of carbonyl (C=O) groups excluding carboxylic acids is 1. The van der Waals surface area contributed by atoms with Crippen LogP contribution in [0.15, 0.2) is 30.5 Å². The first-order chi connectivity index (χ1) is 10.6. The van der Waals surface area contributed by atoms with Crippen molar-refractivity contribution in [3.05, 3.63) is 46.7 Å². The van der Waals surface area contributed by atoms with Gasteiger partial charge in [0, 0.05) is 24.8 Å². The number of benzene rings is 1. The zero-order chi connectivity index (χ0) is 15.9. The standard InChI is InChI=1S/C16H20ClN3O2/c1-3-22-9-5-8-18-16(21)15-11-19-20(12(15)2)14-7-4-6-13(17)10-14/h4,6-7,10-11H,3,5,8-9H2,1-2H3,(H,18,21). The summed E-state index contributed by atoms with van der Waals surface area (Å²) in [6.07, 6.45) is 2.37. The Balaban J connectivity index is 2.03. The van der Waals surface area contributed by atoms with Gasteiger partial charge in [0.25, 0.3) is 5.91 Å². The molecule has 2 rings (SSSR count). The second-order valence-electron chi connectivity index (χ2n) is 4.84. The molecular weight excluding hydrogens is 302 g/mol. The van der Waals surface area contributed by atoms with Crippen LogP contribution in [0.5, 0.6) is 0 Å². The zero-order valence-corrected chi connectivity index (χ0v) is 13.6. The van der Waals surface area contributed by atoms with Crippen molar-refractivity contribution in [2.24, 2.45) is 0 Å². The molecule has 1 aromatic heterocycles. The second kappa shape index (κ2) is 7.96. The van der Waals surface area contributed by atoms with Crippen molar-refractivity contribution in [1.29, 1.82) is 0 Å². The molecule has 6 heteroatoms.